The Morgan fingerprint density at radius 3 is 2.15 bits per heavy atom. The van der Waals surface area contributed by atoms with Crippen molar-refractivity contribution in [2.75, 3.05) is 14.2 Å². The molecular formula is C8H16O5. The van der Waals surface area contributed by atoms with Gasteiger partial charge >= 0.3 is 0 Å². The van der Waals surface area contributed by atoms with E-state index in [0.717, 1.165) is 0 Å². The third-order valence-electron chi connectivity index (χ3n) is 2.29. The molecule has 0 aliphatic carbocycles. The number of rotatable bonds is 2. The van der Waals surface area contributed by atoms with Crippen molar-refractivity contribution in [3.05, 3.63) is 0 Å². The van der Waals surface area contributed by atoms with Gasteiger partial charge in [0.25, 0.3) is 0 Å². The molecule has 1 fully saturated rings. The first kappa shape index (κ1) is 10.9. The standard InChI is InChI=1S/C8H16O5/c1-4-5(9)7(11-2)6(10)8(12-3)13-4/h4-10H,1-3H3/t4-,5-,6+,7-,8+/m0/s1. The van der Waals surface area contributed by atoms with Crippen molar-refractivity contribution >= 4 is 0 Å². The Labute approximate surface area is 77.2 Å². The van der Waals surface area contributed by atoms with Crippen molar-refractivity contribution in [1.82, 2.24) is 0 Å². The normalized spacial score (nSPS) is 46.4. The van der Waals surface area contributed by atoms with E-state index in [1.165, 1.54) is 14.2 Å². The quantitative estimate of drug-likeness (QED) is 0.594. The summed E-state index contributed by atoms with van der Waals surface area (Å²) >= 11 is 0. The lowest BCUT2D eigenvalue weighted by molar-refractivity contribution is -0.290. The summed E-state index contributed by atoms with van der Waals surface area (Å²) in [5.74, 6) is 0. The zero-order valence-corrected chi connectivity index (χ0v) is 8.01. The minimum atomic E-state index is -0.957. The maximum atomic E-state index is 9.58. The molecule has 78 valence electrons. The van der Waals surface area contributed by atoms with Gasteiger partial charge in [0.1, 0.15) is 18.3 Å². The van der Waals surface area contributed by atoms with Gasteiger partial charge in [-0.1, -0.05) is 0 Å². The highest BCUT2D eigenvalue weighted by Crippen LogP contribution is 2.22. The molecule has 0 aromatic carbocycles. The molecule has 1 saturated heterocycles. The van der Waals surface area contributed by atoms with E-state index in [1.807, 2.05) is 0 Å². The average molecular weight is 192 g/mol. The molecule has 5 nitrogen and oxygen atoms in total. The molecule has 0 spiro atoms. The number of ether oxygens (including phenoxy) is 3. The van der Waals surface area contributed by atoms with Crippen LogP contribution < -0.4 is 0 Å². The van der Waals surface area contributed by atoms with Gasteiger partial charge in [-0.05, 0) is 6.92 Å². The van der Waals surface area contributed by atoms with Crippen LogP contribution >= 0.6 is 0 Å². The summed E-state index contributed by atoms with van der Waals surface area (Å²) in [6.07, 6.45) is -3.58. The second kappa shape index (κ2) is 4.34. The van der Waals surface area contributed by atoms with Crippen LogP contribution in [0.15, 0.2) is 0 Å². The van der Waals surface area contributed by atoms with Crippen LogP contribution in [-0.4, -0.2) is 55.1 Å². The van der Waals surface area contributed by atoms with Gasteiger partial charge in [0, 0.05) is 14.2 Å². The summed E-state index contributed by atoms with van der Waals surface area (Å²) < 4.78 is 15.0. The highest BCUT2D eigenvalue weighted by molar-refractivity contribution is 4.88. The van der Waals surface area contributed by atoms with E-state index in [4.69, 9.17) is 14.2 Å². The smallest absolute Gasteiger partial charge is 0.186 e. The molecule has 0 aromatic heterocycles. The van der Waals surface area contributed by atoms with Crippen molar-refractivity contribution in [1.29, 1.82) is 0 Å². The number of aliphatic hydroxyl groups excluding tert-OH is 2. The van der Waals surface area contributed by atoms with E-state index in [2.05, 4.69) is 0 Å². The van der Waals surface area contributed by atoms with Crippen molar-refractivity contribution in [2.45, 2.75) is 37.6 Å². The summed E-state index contributed by atoms with van der Waals surface area (Å²) in [5.41, 5.74) is 0. The fourth-order valence-corrected chi connectivity index (χ4v) is 1.47. The lowest BCUT2D eigenvalue weighted by atomic mass is 10.00. The Morgan fingerprint density at radius 1 is 1.08 bits per heavy atom. The molecule has 1 heterocycles. The Morgan fingerprint density at radius 2 is 1.69 bits per heavy atom. The topological polar surface area (TPSA) is 68.2 Å². The molecule has 0 unspecified atom stereocenters. The first-order valence-electron chi connectivity index (χ1n) is 4.19. The van der Waals surface area contributed by atoms with Crippen LogP contribution in [-0.2, 0) is 14.2 Å². The van der Waals surface area contributed by atoms with Crippen LogP contribution in [0.25, 0.3) is 0 Å². The summed E-state index contributed by atoms with van der Waals surface area (Å²) in [7, 11) is 2.87. The Kier molecular flexibility index (Phi) is 3.63. The van der Waals surface area contributed by atoms with Gasteiger partial charge < -0.3 is 24.4 Å². The number of hydrogen-bond acceptors (Lipinski definition) is 5. The number of aliphatic hydroxyl groups is 2. The predicted octanol–water partition coefficient (Wildman–Crippen LogP) is -0.886. The van der Waals surface area contributed by atoms with Crippen LogP contribution in [0.3, 0.4) is 0 Å². The minimum absolute atomic E-state index is 0.404. The van der Waals surface area contributed by atoms with Crippen LogP contribution in [0, 0.1) is 0 Å². The van der Waals surface area contributed by atoms with E-state index in [9.17, 15) is 10.2 Å². The molecule has 0 bridgehead atoms. The van der Waals surface area contributed by atoms with Gasteiger partial charge in [0.05, 0.1) is 6.10 Å². The zero-order valence-electron chi connectivity index (χ0n) is 8.01. The van der Waals surface area contributed by atoms with Gasteiger partial charge in [-0.3, -0.25) is 0 Å². The summed E-state index contributed by atoms with van der Waals surface area (Å²) in [4.78, 5) is 0. The molecule has 1 aliphatic rings. The van der Waals surface area contributed by atoms with Crippen molar-refractivity contribution in [2.24, 2.45) is 0 Å². The Hall–Kier alpha value is -0.200. The fourth-order valence-electron chi connectivity index (χ4n) is 1.47. The molecule has 2 N–H and O–H groups in total. The van der Waals surface area contributed by atoms with Gasteiger partial charge in [-0.15, -0.1) is 0 Å². The maximum absolute atomic E-state index is 9.58. The number of hydrogen-bond donors (Lipinski definition) is 2. The zero-order chi connectivity index (χ0) is 10.0. The molecule has 0 radical (unpaired) electrons. The van der Waals surface area contributed by atoms with Gasteiger partial charge in [0.2, 0.25) is 0 Å². The van der Waals surface area contributed by atoms with E-state index in [0.29, 0.717) is 0 Å². The minimum Gasteiger partial charge on any atom is -0.388 e. The first-order chi connectivity index (χ1) is 6.11. The summed E-state index contributed by atoms with van der Waals surface area (Å²) in [6, 6.07) is 0. The van der Waals surface area contributed by atoms with Crippen molar-refractivity contribution in [3.63, 3.8) is 0 Å². The lowest BCUT2D eigenvalue weighted by Crippen LogP contribution is -2.57. The van der Waals surface area contributed by atoms with Crippen molar-refractivity contribution < 1.29 is 24.4 Å². The maximum Gasteiger partial charge on any atom is 0.186 e. The molecule has 1 aliphatic heterocycles. The third-order valence-corrected chi connectivity index (χ3v) is 2.29. The number of methoxy groups -OCH3 is 2. The van der Waals surface area contributed by atoms with E-state index in [-0.39, 0.29) is 0 Å². The predicted molar refractivity (Wildman–Crippen MR) is 44.2 cm³/mol. The van der Waals surface area contributed by atoms with Gasteiger partial charge in [0.15, 0.2) is 6.29 Å². The summed E-state index contributed by atoms with van der Waals surface area (Å²) in [6.45, 7) is 1.70. The van der Waals surface area contributed by atoms with Crippen molar-refractivity contribution in [3.8, 4) is 0 Å². The molecule has 1 rings (SSSR count). The lowest BCUT2D eigenvalue weighted by Gasteiger charge is -2.40. The van der Waals surface area contributed by atoms with Crippen LogP contribution in [0.5, 0.6) is 0 Å². The van der Waals surface area contributed by atoms with Crippen LogP contribution in [0.1, 0.15) is 6.92 Å². The third kappa shape index (κ3) is 2.00. The molecule has 13 heavy (non-hydrogen) atoms. The second-order valence-corrected chi connectivity index (χ2v) is 3.13. The molecule has 0 saturated carbocycles. The highest BCUT2D eigenvalue weighted by atomic mass is 16.7. The molecular weight excluding hydrogens is 176 g/mol. The second-order valence-electron chi connectivity index (χ2n) is 3.13. The van der Waals surface area contributed by atoms with E-state index >= 15 is 0 Å². The molecule has 5 heteroatoms. The average Bonchev–Trinajstić information content (AvgIpc) is 2.12. The van der Waals surface area contributed by atoms with Crippen LogP contribution in [0.2, 0.25) is 0 Å². The Bertz CT molecular complexity index is 163. The fraction of sp³-hybridized carbons (Fsp3) is 1.00. The van der Waals surface area contributed by atoms with Gasteiger partial charge in [-0.2, -0.15) is 0 Å². The first-order valence-corrected chi connectivity index (χ1v) is 4.19. The highest BCUT2D eigenvalue weighted by Gasteiger charge is 2.43. The SMILES string of the molecule is CO[C@@H]1O[C@@H](C)[C@H](O)[C@H](OC)[C@H]1O. The summed E-state index contributed by atoms with van der Waals surface area (Å²) in [5, 5.41) is 19.1. The van der Waals surface area contributed by atoms with E-state index < -0.39 is 30.7 Å². The van der Waals surface area contributed by atoms with Crippen LogP contribution in [0.4, 0.5) is 0 Å². The monoisotopic (exact) mass is 192 g/mol. The van der Waals surface area contributed by atoms with Gasteiger partial charge in [-0.25, -0.2) is 0 Å². The Balaban J connectivity index is 2.69. The van der Waals surface area contributed by atoms with E-state index in [1.54, 1.807) is 6.92 Å². The largest absolute Gasteiger partial charge is 0.388 e. The molecule has 5 atom stereocenters. The molecule has 0 amide bonds. The molecule has 0 aromatic rings.